The fourth-order valence-electron chi connectivity index (χ4n) is 3.88. The van der Waals surface area contributed by atoms with Gasteiger partial charge in [-0.2, -0.15) is 0 Å². The highest BCUT2D eigenvalue weighted by molar-refractivity contribution is 7.92. The summed E-state index contributed by atoms with van der Waals surface area (Å²) in [7, 11) is -3.83. The van der Waals surface area contributed by atoms with Gasteiger partial charge < -0.3 is 9.88 Å². The lowest BCUT2D eigenvalue weighted by molar-refractivity contribution is 0.0771. The minimum Gasteiger partial charge on any atom is -0.360 e. The van der Waals surface area contributed by atoms with E-state index in [-0.39, 0.29) is 21.8 Å². The van der Waals surface area contributed by atoms with Gasteiger partial charge in [0.25, 0.3) is 15.9 Å². The summed E-state index contributed by atoms with van der Waals surface area (Å²) >= 11 is 0. The molecule has 30 heavy (non-hydrogen) atoms. The maximum atomic E-state index is 13.3. The van der Waals surface area contributed by atoms with E-state index in [1.54, 1.807) is 17.0 Å². The number of hydrogen-bond acceptors (Lipinski definition) is 4. The van der Waals surface area contributed by atoms with E-state index in [1.807, 2.05) is 32.0 Å². The van der Waals surface area contributed by atoms with Gasteiger partial charge in [0.2, 0.25) is 5.43 Å². The third-order valence-corrected chi connectivity index (χ3v) is 7.38. The molecule has 156 valence electrons. The monoisotopic (exact) mass is 425 g/mol. The van der Waals surface area contributed by atoms with Crippen LogP contribution in [0.25, 0.3) is 10.9 Å². The summed E-state index contributed by atoms with van der Waals surface area (Å²) in [6.07, 6.45) is 2.04. The SMILES string of the molecule is CCN(CC)C(=O)c1c[nH]c2ccc(S(=O)(=O)N3CCc4ccccc43)cc2c1=O. The molecule has 1 N–H and O–H groups in total. The summed E-state index contributed by atoms with van der Waals surface area (Å²) in [5, 5.41) is 0.182. The van der Waals surface area contributed by atoms with E-state index in [1.165, 1.54) is 22.6 Å². The second-order valence-corrected chi connectivity index (χ2v) is 9.03. The van der Waals surface area contributed by atoms with Crippen LogP contribution in [-0.2, 0) is 16.4 Å². The Morgan fingerprint density at radius 1 is 1.13 bits per heavy atom. The van der Waals surface area contributed by atoms with E-state index in [4.69, 9.17) is 0 Å². The lowest BCUT2D eigenvalue weighted by atomic mass is 10.1. The molecule has 0 bridgehead atoms. The fourth-order valence-corrected chi connectivity index (χ4v) is 5.41. The van der Waals surface area contributed by atoms with Crippen LogP contribution in [0.15, 0.2) is 58.4 Å². The number of aromatic nitrogens is 1. The number of amides is 1. The average Bonchev–Trinajstić information content (AvgIpc) is 3.19. The molecule has 8 heteroatoms. The molecule has 1 amide bonds. The van der Waals surface area contributed by atoms with Crippen molar-refractivity contribution in [2.75, 3.05) is 23.9 Å². The minimum atomic E-state index is -3.83. The van der Waals surface area contributed by atoms with Crippen LogP contribution in [0.3, 0.4) is 0 Å². The topological polar surface area (TPSA) is 90.6 Å². The van der Waals surface area contributed by atoms with Crippen LogP contribution < -0.4 is 9.73 Å². The first-order valence-corrected chi connectivity index (χ1v) is 11.4. The molecule has 0 aliphatic carbocycles. The number of sulfonamides is 1. The first-order chi connectivity index (χ1) is 14.4. The second-order valence-electron chi connectivity index (χ2n) is 7.17. The third kappa shape index (κ3) is 3.17. The Morgan fingerprint density at radius 3 is 2.60 bits per heavy atom. The standard InChI is InChI=1S/C22H23N3O4S/c1-3-24(4-2)22(27)18-14-23-19-10-9-16(13-17(19)21(18)26)30(28,29)25-12-11-15-7-5-6-8-20(15)25/h5-10,13-14H,3-4,11-12H2,1-2H3,(H,23,26). The van der Waals surface area contributed by atoms with Crippen molar-refractivity contribution in [1.82, 2.24) is 9.88 Å². The Morgan fingerprint density at radius 2 is 1.87 bits per heavy atom. The molecular formula is C22H23N3O4S. The molecule has 1 aromatic heterocycles. The number of carbonyl (C=O) groups excluding carboxylic acids is 1. The number of aromatic amines is 1. The van der Waals surface area contributed by atoms with Crippen LogP contribution in [-0.4, -0.2) is 43.8 Å². The first kappa shape index (κ1) is 20.2. The number of fused-ring (bicyclic) bond motifs is 2. The molecule has 7 nitrogen and oxygen atoms in total. The molecule has 0 radical (unpaired) electrons. The summed E-state index contributed by atoms with van der Waals surface area (Å²) in [6, 6.07) is 11.8. The number of anilines is 1. The van der Waals surface area contributed by atoms with Crippen LogP contribution in [0.2, 0.25) is 0 Å². The quantitative estimate of drug-likeness (QED) is 0.681. The van der Waals surface area contributed by atoms with Crippen molar-refractivity contribution >= 4 is 32.5 Å². The Balaban J connectivity index is 1.81. The van der Waals surface area contributed by atoms with Gasteiger partial charge in [-0.1, -0.05) is 18.2 Å². The largest absolute Gasteiger partial charge is 0.360 e. The predicted octanol–water partition coefficient (Wildman–Crippen LogP) is 2.76. The molecule has 3 aromatic rings. The van der Waals surface area contributed by atoms with Crippen molar-refractivity contribution in [2.45, 2.75) is 25.2 Å². The number of carbonyl (C=O) groups is 1. The molecular weight excluding hydrogens is 402 g/mol. The third-order valence-electron chi connectivity index (χ3n) is 5.57. The maximum Gasteiger partial charge on any atom is 0.264 e. The van der Waals surface area contributed by atoms with Gasteiger partial charge >= 0.3 is 0 Å². The average molecular weight is 426 g/mol. The lowest BCUT2D eigenvalue weighted by Gasteiger charge is -2.20. The van der Waals surface area contributed by atoms with Gasteiger partial charge in [-0.05, 0) is 50.1 Å². The van der Waals surface area contributed by atoms with E-state index in [2.05, 4.69) is 4.98 Å². The zero-order chi connectivity index (χ0) is 21.5. The van der Waals surface area contributed by atoms with Crippen LogP contribution in [0.1, 0.15) is 29.8 Å². The summed E-state index contributed by atoms with van der Waals surface area (Å²) in [5.74, 6) is -0.370. The lowest BCUT2D eigenvalue weighted by Crippen LogP contribution is -2.34. The smallest absolute Gasteiger partial charge is 0.264 e. The molecule has 0 spiro atoms. The Labute approximate surface area is 175 Å². The molecule has 4 rings (SSSR count). The zero-order valence-corrected chi connectivity index (χ0v) is 17.7. The van der Waals surface area contributed by atoms with Crippen molar-refractivity contribution < 1.29 is 13.2 Å². The maximum absolute atomic E-state index is 13.3. The molecule has 0 atom stereocenters. The van der Waals surface area contributed by atoms with Crippen molar-refractivity contribution in [1.29, 1.82) is 0 Å². The number of hydrogen-bond donors (Lipinski definition) is 1. The van der Waals surface area contributed by atoms with Crippen molar-refractivity contribution in [3.8, 4) is 0 Å². The van der Waals surface area contributed by atoms with E-state index < -0.39 is 15.5 Å². The van der Waals surface area contributed by atoms with Gasteiger partial charge in [-0.3, -0.25) is 13.9 Å². The van der Waals surface area contributed by atoms with Crippen molar-refractivity contribution in [2.24, 2.45) is 0 Å². The number of benzene rings is 2. The Hall–Kier alpha value is -3.13. The van der Waals surface area contributed by atoms with Crippen molar-refractivity contribution in [3.63, 3.8) is 0 Å². The highest BCUT2D eigenvalue weighted by Crippen LogP contribution is 2.33. The summed E-state index contributed by atoms with van der Waals surface area (Å²) < 4.78 is 28.0. The molecule has 1 aliphatic heterocycles. The van der Waals surface area contributed by atoms with Gasteiger partial charge in [0.1, 0.15) is 5.56 Å². The summed E-state index contributed by atoms with van der Waals surface area (Å²) in [6.45, 7) is 5.01. The van der Waals surface area contributed by atoms with E-state index >= 15 is 0 Å². The minimum absolute atomic E-state index is 0.00673. The molecule has 1 aliphatic rings. The zero-order valence-electron chi connectivity index (χ0n) is 16.9. The van der Waals surface area contributed by atoms with Crippen LogP contribution >= 0.6 is 0 Å². The van der Waals surface area contributed by atoms with Crippen LogP contribution in [0.5, 0.6) is 0 Å². The van der Waals surface area contributed by atoms with Gasteiger partial charge in [-0.25, -0.2) is 8.42 Å². The molecule has 2 aromatic carbocycles. The molecule has 0 saturated carbocycles. The van der Waals surface area contributed by atoms with E-state index in [9.17, 15) is 18.0 Å². The normalized spacial score (nSPS) is 13.5. The predicted molar refractivity (Wildman–Crippen MR) is 116 cm³/mol. The summed E-state index contributed by atoms with van der Waals surface area (Å²) in [4.78, 5) is 30.2. The van der Waals surface area contributed by atoms with E-state index in [0.29, 0.717) is 37.3 Å². The highest BCUT2D eigenvalue weighted by Gasteiger charge is 2.31. The van der Waals surface area contributed by atoms with Gasteiger partial charge in [-0.15, -0.1) is 0 Å². The number of H-pyrrole nitrogens is 1. The van der Waals surface area contributed by atoms with Crippen LogP contribution in [0, 0.1) is 0 Å². The van der Waals surface area contributed by atoms with E-state index in [0.717, 1.165) is 5.56 Å². The summed E-state index contributed by atoms with van der Waals surface area (Å²) in [5.41, 5.74) is 1.66. The van der Waals surface area contributed by atoms with Gasteiger partial charge in [0.05, 0.1) is 10.6 Å². The van der Waals surface area contributed by atoms with Crippen LogP contribution in [0.4, 0.5) is 5.69 Å². The fraction of sp³-hybridized carbons (Fsp3) is 0.273. The number of para-hydroxylation sites is 1. The van der Waals surface area contributed by atoms with Crippen molar-refractivity contribution in [3.05, 3.63) is 70.0 Å². The number of pyridine rings is 1. The first-order valence-electron chi connectivity index (χ1n) is 9.93. The second kappa shape index (κ2) is 7.60. The Bertz CT molecular complexity index is 1290. The van der Waals surface area contributed by atoms with Gasteiger partial charge in [0, 0.05) is 36.7 Å². The highest BCUT2D eigenvalue weighted by atomic mass is 32.2. The molecule has 0 saturated heterocycles. The number of nitrogens with zero attached hydrogens (tertiary/aromatic N) is 2. The number of rotatable bonds is 5. The molecule has 0 unspecified atom stereocenters. The number of nitrogens with one attached hydrogen (secondary N) is 1. The molecule has 0 fully saturated rings. The molecule has 2 heterocycles. The van der Waals surface area contributed by atoms with Gasteiger partial charge in [0.15, 0.2) is 0 Å². The Kier molecular flexibility index (Phi) is 5.11.